The first kappa shape index (κ1) is 23.0. The van der Waals surface area contributed by atoms with Gasteiger partial charge in [0, 0.05) is 23.7 Å². The van der Waals surface area contributed by atoms with Gasteiger partial charge in [0.15, 0.2) is 0 Å². The summed E-state index contributed by atoms with van der Waals surface area (Å²) in [4.78, 5) is 12.9. The van der Waals surface area contributed by atoms with E-state index in [2.05, 4.69) is 60.6 Å². The Hall–Kier alpha value is -0.380. The molecular formula is C30H48O3. The summed E-state index contributed by atoms with van der Waals surface area (Å²) >= 11 is 0. The van der Waals surface area contributed by atoms with Gasteiger partial charge in [0.2, 0.25) is 0 Å². The van der Waals surface area contributed by atoms with Crippen LogP contribution in [0.15, 0.2) is 12.2 Å². The zero-order chi connectivity index (χ0) is 23.6. The number of fused-ring (bicyclic) bond motifs is 2. The van der Waals surface area contributed by atoms with Gasteiger partial charge in [0.25, 0.3) is 0 Å². The average Bonchev–Trinajstić information content (AvgIpc) is 3.33. The van der Waals surface area contributed by atoms with Crippen molar-refractivity contribution in [2.45, 2.75) is 117 Å². The van der Waals surface area contributed by atoms with Crippen molar-refractivity contribution in [1.82, 2.24) is 0 Å². The Morgan fingerprint density at radius 1 is 0.818 bits per heavy atom. The van der Waals surface area contributed by atoms with Crippen LogP contribution in [0, 0.1) is 57.7 Å². The topological polar surface area (TPSA) is 38.7 Å². The fraction of sp³-hybridized carbons (Fsp3) is 0.933. The molecule has 3 nitrogen and oxygen atoms in total. The molecule has 186 valence electrons. The molecule has 33 heavy (non-hydrogen) atoms. The van der Waals surface area contributed by atoms with Gasteiger partial charge in [0.05, 0.1) is 6.10 Å². The molecule has 0 aromatic heterocycles. The highest BCUT2D eigenvalue weighted by Crippen LogP contribution is 2.74. The fourth-order valence-corrected chi connectivity index (χ4v) is 10.8. The maximum Gasteiger partial charge on any atom is 0.130 e. The van der Waals surface area contributed by atoms with Crippen molar-refractivity contribution in [2.75, 3.05) is 0 Å². The highest BCUT2D eigenvalue weighted by atomic mass is 17.2. The lowest BCUT2D eigenvalue weighted by Gasteiger charge is -2.69. The van der Waals surface area contributed by atoms with Crippen molar-refractivity contribution in [2.24, 2.45) is 57.7 Å². The van der Waals surface area contributed by atoms with Gasteiger partial charge in [-0.3, -0.25) is 0 Å². The molecule has 0 aromatic rings. The number of rotatable bonds is 4. The molecule has 2 spiro atoms. The fourth-order valence-electron chi connectivity index (χ4n) is 10.8. The van der Waals surface area contributed by atoms with Crippen molar-refractivity contribution in [1.29, 1.82) is 0 Å². The molecule has 5 fully saturated rings. The van der Waals surface area contributed by atoms with Crippen LogP contribution in [0.2, 0.25) is 0 Å². The molecule has 2 bridgehead atoms. The zero-order valence-electron chi connectivity index (χ0n) is 22.2. The molecule has 7 rings (SSSR count). The van der Waals surface area contributed by atoms with Gasteiger partial charge in [0.1, 0.15) is 11.2 Å². The van der Waals surface area contributed by atoms with Crippen LogP contribution in [-0.4, -0.2) is 22.4 Å². The van der Waals surface area contributed by atoms with Gasteiger partial charge < -0.3 is 5.11 Å². The van der Waals surface area contributed by atoms with Crippen molar-refractivity contribution in [3.05, 3.63) is 12.2 Å². The minimum Gasteiger partial charge on any atom is -0.393 e. The maximum atomic E-state index is 10.5. The molecule has 12 atom stereocenters. The summed E-state index contributed by atoms with van der Waals surface area (Å²) in [5.41, 5.74) is 0.238. The van der Waals surface area contributed by atoms with Crippen molar-refractivity contribution in [3.63, 3.8) is 0 Å². The van der Waals surface area contributed by atoms with E-state index in [1.165, 1.54) is 32.1 Å². The third-order valence-corrected chi connectivity index (χ3v) is 13.3. The van der Waals surface area contributed by atoms with Crippen LogP contribution >= 0.6 is 0 Å². The molecule has 0 aromatic carbocycles. The molecule has 2 aliphatic heterocycles. The molecule has 3 heteroatoms. The summed E-state index contributed by atoms with van der Waals surface area (Å²) in [6.45, 7) is 17.5. The standard InChI is InChI=1S/C30H48O3/c1-18(2)20(4)27(6)17-23(27)19(3)22-8-9-24-26(22,5)12-11-25-28(7)13-10-21(31)16-29(28)14-15-30(24,25)33-32-29/h14-15,18-25,31H,8-13,16-17H2,1-7H3/t19-,20+,21-,22+,23+,24+,25+,26+,27+,28+,29+,30-/m0/s1. The lowest BCUT2D eigenvalue weighted by Crippen LogP contribution is -2.73. The van der Waals surface area contributed by atoms with Crippen LogP contribution in [0.25, 0.3) is 0 Å². The largest absolute Gasteiger partial charge is 0.393 e. The lowest BCUT2D eigenvalue weighted by atomic mass is 9.42. The molecular weight excluding hydrogens is 408 g/mol. The minimum absolute atomic E-state index is 0.0754. The minimum atomic E-state index is -0.432. The average molecular weight is 457 g/mol. The Morgan fingerprint density at radius 3 is 2.24 bits per heavy atom. The van der Waals surface area contributed by atoms with E-state index in [-0.39, 0.29) is 17.1 Å². The van der Waals surface area contributed by atoms with Gasteiger partial charge in [-0.25, -0.2) is 9.78 Å². The second-order valence-electron chi connectivity index (χ2n) is 14.6. The predicted molar refractivity (Wildman–Crippen MR) is 131 cm³/mol. The summed E-state index contributed by atoms with van der Waals surface area (Å²) in [6, 6.07) is 0. The third kappa shape index (κ3) is 2.69. The zero-order valence-corrected chi connectivity index (χ0v) is 22.2. The highest BCUT2D eigenvalue weighted by Gasteiger charge is 2.75. The third-order valence-electron chi connectivity index (χ3n) is 13.3. The molecule has 1 saturated heterocycles. The normalized spacial score (nSPS) is 58.5. The van der Waals surface area contributed by atoms with Gasteiger partial charge in [-0.1, -0.05) is 54.5 Å². The van der Waals surface area contributed by atoms with Crippen molar-refractivity contribution >= 4 is 0 Å². The Morgan fingerprint density at radius 2 is 1.58 bits per heavy atom. The van der Waals surface area contributed by atoms with Gasteiger partial charge in [-0.05, 0) is 91.4 Å². The molecule has 4 saturated carbocycles. The van der Waals surface area contributed by atoms with E-state index in [1.807, 2.05) is 0 Å². The second-order valence-corrected chi connectivity index (χ2v) is 14.6. The van der Waals surface area contributed by atoms with E-state index in [4.69, 9.17) is 9.78 Å². The summed E-state index contributed by atoms with van der Waals surface area (Å²) in [5.74, 6) is 5.07. The van der Waals surface area contributed by atoms with Crippen LogP contribution in [-0.2, 0) is 9.78 Å². The Balaban J connectivity index is 1.30. The molecule has 5 aliphatic carbocycles. The summed E-state index contributed by atoms with van der Waals surface area (Å²) < 4.78 is 0. The van der Waals surface area contributed by atoms with Crippen LogP contribution in [0.5, 0.6) is 0 Å². The molecule has 2 heterocycles. The Labute approximate surface area is 202 Å². The van der Waals surface area contributed by atoms with Crippen LogP contribution in [0.3, 0.4) is 0 Å². The first-order valence-electron chi connectivity index (χ1n) is 14.2. The SMILES string of the molecule is CC(C)[C@@H](C)[C@@]1(C)C[C@@H]1[C@@H](C)[C@H]1CC[C@@H]2[C@]1(C)CC[C@H]1[C@]23C=C[C@]2(C[C@@H](O)CC[C@]12C)OO3. The molecule has 0 radical (unpaired) electrons. The number of aliphatic hydroxyl groups excluding tert-OH is 1. The van der Waals surface area contributed by atoms with E-state index >= 15 is 0 Å². The molecule has 7 aliphatic rings. The summed E-state index contributed by atoms with van der Waals surface area (Å²) in [6.07, 6.45) is 13.7. The van der Waals surface area contributed by atoms with Crippen LogP contribution < -0.4 is 0 Å². The Bertz CT molecular complexity index is 851. The number of hydrogen-bond acceptors (Lipinski definition) is 3. The monoisotopic (exact) mass is 456 g/mol. The highest BCUT2D eigenvalue weighted by molar-refractivity contribution is 5.33. The van der Waals surface area contributed by atoms with Crippen molar-refractivity contribution in [3.8, 4) is 0 Å². The number of hydrogen-bond donors (Lipinski definition) is 1. The van der Waals surface area contributed by atoms with E-state index in [9.17, 15) is 5.11 Å². The maximum absolute atomic E-state index is 10.5. The van der Waals surface area contributed by atoms with E-state index in [0.29, 0.717) is 29.1 Å². The first-order chi connectivity index (χ1) is 15.4. The van der Waals surface area contributed by atoms with Gasteiger partial charge in [-0.2, -0.15) is 0 Å². The predicted octanol–water partition coefficient (Wildman–Crippen LogP) is 6.94. The molecule has 1 N–H and O–H groups in total. The second kappa shape index (κ2) is 6.88. The van der Waals surface area contributed by atoms with Crippen molar-refractivity contribution < 1.29 is 14.9 Å². The van der Waals surface area contributed by atoms with Crippen LogP contribution in [0.1, 0.15) is 99.8 Å². The Kier molecular flexibility index (Phi) is 4.81. The van der Waals surface area contributed by atoms with Crippen LogP contribution in [0.4, 0.5) is 0 Å². The van der Waals surface area contributed by atoms with E-state index in [0.717, 1.165) is 42.4 Å². The quantitative estimate of drug-likeness (QED) is 0.368. The van der Waals surface area contributed by atoms with E-state index < -0.39 is 5.60 Å². The van der Waals surface area contributed by atoms with Gasteiger partial charge in [-0.15, -0.1) is 0 Å². The molecule has 0 amide bonds. The number of aliphatic hydroxyl groups is 1. The van der Waals surface area contributed by atoms with Gasteiger partial charge >= 0.3 is 0 Å². The molecule has 0 unspecified atom stereocenters. The summed E-state index contributed by atoms with van der Waals surface area (Å²) in [7, 11) is 0. The smallest absolute Gasteiger partial charge is 0.130 e. The van der Waals surface area contributed by atoms with E-state index in [1.54, 1.807) is 0 Å². The summed E-state index contributed by atoms with van der Waals surface area (Å²) in [5, 5.41) is 10.5. The first-order valence-corrected chi connectivity index (χ1v) is 14.2. The lowest BCUT2D eigenvalue weighted by molar-refractivity contribution is -0.497.